The van der Waals surface area contributed by atoms with E-state index in [9.17, 15) is 0 Å². The molecule has 0 fully saturated rings. The van der Waals surface area contributed by atoms with Crippen LogP contribution in [0.3, 0.4) is 0 Å². The molecule has 4 heteroatoms. The fourth-order valence-electron chi connectivity index (χ4n) is 1.92. The molecule has 0 amide bonds. The van der Waals surface area contributed by atoms with Crippen molar-refractivity contribution >= 4 is 17.4 Å². The predicted molar refractivity (Wildman–Crippen MR) is 66.7 cm³/mol. The lowest BCUT2D eigenvalue weighted by atomic mass is 9.97. The van der Waals surface area contributed by atoms with Gasteiger partial charge in [-0.2, -0.15) is 0 Å². The maximum Gasteiger partial charge on any atom is 0.224 e. The van der Waals surface area contributed by atoms with E-state index >= 15 is 0 Å². The smallest absolute Gasteiger partial charge is 0.224 e. The van der Waals surface area contributed by atoms with Crippen LogP contribution < -0.4 is 5.32 Å². The van der Waals surface area contributed by atoms with Gasteiger partial charge in [-0.3, -0.25) is 0 Å². The molecule has 1 aliphatic carbocycles. The summed E-state index contributed by atoms with van der Waals surface area (Å²) in [6, 6.07) is 1.83. The number of aromatic nitrogens is 2. The quantitative estimate of drug-likeness (QED) is 0.644. The Kier molecular flexibility index (Phi) is 4.17. The molecule has 0 atom stereocenters. The van der Waals surface area contributed by atoms with Gasteiger partial charge in [0.25, 0.3) is 0 Å². The SMILES string of the molecule is Clc1nccc(NCCC2=CCCCC2)n1. The van der Waals surface area contributed by atoms with Crippen molar-refractivity contribution in [2.45, 2.75) is 32.1 Å². The predicted octanol–water partition coefficient (Wildman–Crippen LogP) is 3.43. The van der Waals surface area contributed by atoms with Crippen molar-refractivity contribution < 1.29 is 0 Å². The Balaban J connectivity index is 1.77. The Morgan fingerprint density at radius 3 is 3.06 bits per heavy atom. The fraction of sp³-hybridized carbons (Fsp3) is 0.500. The molecule has 16 heavy (non-hydrogen) atoms. The number of anilines is 1. The number of hydrogen-bond acceptors (Lipinski definition) is 3. The van der Waals surface area contributed by atoms with E-state index in [1.807, 2.05) is 6.07 Å². The molecule has 0 aromatic carbocycles. The first kappa shape index (κ1) is 11.4. The molecule has 0 radical (unpaired) electrons. The molecule has 3 nitrogen and oxygen atoms in total. The Bertz CT molecular complexity index is 376. The summed E-state index contributed by atoms with van der Waals surface area (Å²) < 4.78 is 0. The highest BCUT2D eigenvalue weighted by Gasteiger charge is 2.03. The second-order valence-electron chi connectivity index (χ2n) is 4.00. The van der Waals surface area contributed by atoms with Crippen molar-refractivity contribution in [2.75, 3.05) is 11.9 Å². The molecular weight excluding hydrogens is 222 g/mol. The lowest BCUT2D eigenvalue weighted by Gasteiger charge is -2.13. The Hall–Kier alpha value is -1.09. The normalized spacial score (nSPS) is 15.7. The van der Waals surface area contributed by atoms with E-state index in [1.165, 1.54) is 25.7 Å². The van der Waals surface area contributed by atoms with Gasteiger partial charge in [0, 0.05) is 12.7 Å². The Labute approximate surface area is 101 Å². The van der Waals surface area contributed by atoms with Crippen LogP contribution in [0.25, 0.3) is 0 Å². The van der Waals surface area contributed by atoms with E-state index in [0.29, 0.717) is 5.28 Å². The van der Waals surface area contributed by atoms with Crippen LogP contribution in [-0.2, 0) is 0 Å². The summed E-state index contributed by atoms with van der Waals surface area (Å²) in [6.07, 6.45) is 10.3. The molecule has 1 N–H and O–H groups in total. The molecule has 2 rings (SSSR count). The number of nitrogens with zero attached hydrogens (tertiary/aromatic N) is 2. The summed E-state index contributed by atoms with van der Waals surface area (Å²) in [5, 5.41) is 3.55. The average molecular weight is 238 g/mol. The number of nitrogens with one attached hydrogen (secondary N) is 1. The van der Waals surface area contributed by atoms with Crippen molar-refractivity contribution in [1.29, 1.82) is 0 Å². The first-order valence-electron chi connectivity index (χ1n) is 5.75. The second kappa shape index (κ2) is 5.85. The van der Waals surface area contributed by atoms with Gasteiger partial charge in [0.2, 0.25) is 5.28 Å². The van der Waals surface area contributed by atoms with Crippen molar-refractivity contribution in [3.8, 4) is 0 Å². The van der Waals surface area contributed by atoms with Gasteiger partial charge in [0.15, 0.2) is 0 Å². The van der Waals surface area contributed by atoms with Crippen LogP contribution in [-0.4, -0.2) is 16.5 Å². The van der Waals surface area contributed by atoms with Crippen LogP contribution in [0.2, 0.25) is 5.28 Å². The zero-order valence-electron chi connectivity index (χ0n) is 9.25. The molecule has 0 spiro atoms. The number of halogens is 1. The third-order valence-corrected chi connectivity index (χ3v) is 2.95. The molecule has 1 aromatic rings. The highest BCUT2D eigenvalue weighted by molar-refractivity contribution is 6.28. The summed E-state index contributed by atoms with van der Waals surface area (Å²) >= 11 is 5.70. The van der Waals surface area contributed by atoms with Gasteiger partial charge >= 0.3 is 0 Å². The molecule has 0 bridgehead atoms. The largest absolute Gasteiger partial charge is 0.370 e. The third-order valence-electron chi connectivity index (χ3n) is 2.76. The maximum atomic E-state index is 5.70. The van der Waals surface area contributed by atoms with Crippen LogP contribution in [0.1, 0.15) is 32.1 Å². The van der Waals surface area contributed by atoms with Gasteiger partial charge in [-0.25, -0.2) is 9.97 Å². The topological polar surface area (TPSA) is 37.8 Å². The maximum absolute atomic E-state index is 5.70. The van der Waals surface area contributed by atoms with E-state index in [2.05, 4.69) is 21.4 Å². The van der Waals surface area contributed by atoms with Gasteiger partial charge in [0.05, 0.1) is 0 Å². The number of rotatable bonds is 4. The lowest BCUT2D eigenvalue weighted by molar-refractivity contribution is 0.679. The van der Waals surface area contributed by atoms with Crippen LogP contribution in [0, 0.1) is 0 Å². The molecule has 1 aromatic heterocycles. The molecule has 0 aliphatic heterocycles. The van der Waals surface area contributed by atoms with Crippen LogP contribution in [0.4, 0.5) is 5.82 Å². The number of allylic oxidation sites excluding steroid dienone is 1. The Morgan fingerprint density at radius 2 is 2.31 bits per heavy atom. The van der Waals surface area contributed by atoms with E-state index in [-0.39, 0.29) is 0 Å². The third kappa shape index (κ3) is 3.49. The average Bonchev–Trinajstić information content (AvgIpc) is 2.30. The molecular formula is C12H16ClN3. The molecule has 86 valence electrons. The molecule has 0 saturated heterocycles. The van der Waals surface area contributed by atoms with Crippen LogP contribution in [0.15, 0.2) is 23.9 Å². The molecule has 1 heterocycles. The van der Waals surface area contributed by atoms with E-state index in [0.717, 1.165) is 18.8 Å². The molecule has 1 aliphatic rings. The summed E-state index contributed by atoms with van der Waals surface area (Å²) in [5.41, 5.74) is 1.57. The van der Waals surface area contributed by atoms with Crippen molar-refractivity contribution in [2.24, 2.45) is 0 Å². The standard InChI is InChI=1S/C12H16ClN3/c13-12-15-9-7-11(16-12)14-8-6-10-4-2-1-3-5-10/h4,7,9H,1-3,5-6,8H2,(H,14,15,16). The zero-order valence-corrected chi connectivity index (χ0v) is 10.0. The summed E-state index contributed by atoms with van der Waals surface area (Å²) in [5.74, 6) is 0.802. The minimum Gasteiger partial charge on any atom is -0.370 e. The van der Waals surface area contributed by atoms with Gasteiger partial charge in [-0.05, 0) is 49.8 Å². The first-order chi connectivity index (χ1) is 7.84. The van der Waals surface area contributed by atoms with Crippen molar-refractivity contribution in [1.82, 2.24) is 9.97 Å². The Morgan fingerprint density at radius 1 is 1.38 bits per heavy atom. The first-order valence-corrected chi connectivity index (χ1v) is 6.13. The van der Waals surface area contributed by atoms with Crippen LogP contribution in [0.5, 0.6) is 0 Å². The number of hydrogen-bond donors (Lipinski definition) is 1. The highest BCUT2D eigenvalue weighted by Crippen LogP contribution is 2.19. The minimum atomic E-state index is 0.293. The van der Waals surface area contributed by atoms with Gasteiger partial charge in [0.1, 0.15) is 5.82 Å². The van der Waals surface area contributed by atoms with Crippen molar-refractivity contribution in [3.63, 3.8) is 0 Å². The summed E-state index contributed by atoms with van der Waals surface area (Å²) in [4.78, 5) is 7.92. The van der Waals surface area contributed by atoms with E-state index < -0.39 is 0 Å². The van der Waals surface area contributed by atoms with Gasteiger partial charge in [-0.1, -0.05) is 11.6 Å². The van der Waals surface area contributed by atoms with Crippen molar-refractivity contribution in [3.05, 3.63) is 29.2 Å². The van der Waals surface area contributed by atoms with Gasteiger partial charge in [-0.15, -0.1) is 0 Å². The summed E-state index contributed by atoms with van der Waals surface area (Å²) in [6.45, 7) is 0.916. The van der Waals surface area contributed by atoms with E-state index in [4.69, 9.17) is 11.6 Å². The monoisotopic (exact) mass is 237 g/mol. The molecule has 0 unspecified atom stereocenters. The lowest BCUT2D eigenvalue weighted by Crippen LogP contribution is -2.05. The highest BCUT2D eigenvalue weighted by atomic mass is 35.5. The minimum absolute atomic E-state index is 0.293. The van der Waals surface area contributed by atoms with Crippen LogP contribution >= 0.6 is 11.6 Å². The summed E-state index contributed by atoms with van der Waals surface area (Å²) in [7, 11) is 0. The molecule has 0 saturated carbocycles. The second-order valence-corrected chi connectivity index (χ2v) is 4.33. The van der Waals surface area contributed by atoms with E-state index in [1.54, 1.807) is 11.8 Å². The van der Waals surface area contributed by atoms with Gasteiger partial charge < -0.3 is 5.32 Å². The fourth-order valence-corrected chi connectivity index (χ4v) is 2.06. The zero-order chi connectivity index (χ0) is 11.2.